The molecule has 3 aromatic carbocycles. The van der Waals surface area contributed by atoms with Crippen molar-refractivity contribution in [2.24, 2.45) is 5.73 Å². The van der Waals surface area contributed by atoms with E-state index in [-0.39, 0.29) is 9.92 Å². The second-order valence-corrected chi connectivity index (χ2v) is 6.92. The smallest absolute Gasteiger partial charge is 0.221 e. The highest BCUT2D eigenvalue weighted by molar-refractivity contribution is 7.95. The van der Waals surface area contributed by atoms with E-state index in [1.807, 2.05) is 54.6 Å². The standard InChI is InChI=1S/C18H15NO2S/c19-18(12-14-6-2-1-3-7-14)22(20,21)17-11-10-15-8-4-5-9-16(15)13-17/h1-13H,19H2/b18-12+. The first-order valence-corrected chi connectivity index (χ1v) is 8.32. The predicted molar refractivity (Wildman–Crippen MR) is 89.7 cm³/mol. The van der Waals surface area contributed by atoms with E-state index in [0.29, 0.717) is 0 Å². The van der Waals surface area contributed by atoms with Gasteiger partial charge >= 0.3 is 0 Å². The molecule has 0 saturated heterocycles. The van der Waals surface area contributed by atoms with Crippen LogP contribution in [0.3, 0.4) is 0 Å². The zero-order valence-electron chi connectivity index (χ0n) is 11.8. The van der Waals surface area contributed by atoms with Crippen molar-refractivity contribution in [3.63, 3.8) is 0 Å². The van der Waals surface area contributed by atoms with Gasteiger partial charge in [0.15, 0.2) is 0 Å². The predicted octanol–water partition coefficient (Wildman–Crippen LogP) is 3.57. The van der Waals surface area contributed by atoms with Gasteiger partial charge in [-0.3, -0.25) is 0 Å². The van der Waals surface area contributed by atoms with E-state index < -0.39 is 9.84 Å². The first kappa shape index (κ1) is 14.4. The Bertz CT molecular complexity index is 945. The summed E-state index contributed by atoms with van der Waals surface area (Å²) in [5, 5.41) is 1.71. The van der Waals surface area contributed by atoms with Crippen LogP contribution in [0, 0.1) is 0 Å². The minimum atomic E-state index is -3.69. The summed E-state index contributed by atoms with van der Waals surface area (Å²) in [5.74, 6) is 0. The normalized spacial score (nSPS) is 12.5. The summed E-state index contributed by atoms with van der Waals surface area (Å²) in [4.78, 5) is 0.205. The first-order chi connectivity index (χ1) is 10.6. The summed E-state index contributed by atoms with van der Waals surface area (Å²) in [6.45, 7) is 0. The zero-order chi connectivity index (χ0) is 15.6. The van der Waals surface area contributed by atoms with Gasteiger partial charge in [-0.25, -0.2) is 8.42 Å². The van der Waals surface area contributed by atoms with Crippen molar-refractivity contribution in [2.75, 3.05) is 0 Å². The maximum absolute atomic E-state index is 12.6. The van der Waals surface area contributed by atoms with Crippen molar-refractivity contribution in [3.05, 3.63) is 83.4 Å². The Hall–Kier alpha value is -2.59. The highest BCUT2D eigenvalue weighted by Gasteiger charge is 2.18. The molecule has 3 nitrogen and oxygen atoms in total. The largest absolute Gasteiger partial charge is 0.389 e. The fraction of sp³-hybridized carbons (Fsp3) is 0. The van der Waals surface area contributed by atoms with Gasteiger partial charge in [0, 0.05) is 0 Å². The van der Waals surface area contributed by atoms with Crippen LogP contribution in [-0.4, -0.2) is 8.42 Å². The van der Waals surface area contributed by atoms with Crippen molar-refractivity contribution in [2.45, 2.75) is 4.90 Å². The molecular weight excluding hydrogens is 294 g/mol. The molecule has 0 aliphatic carbocycles. The highest BCUT2D eigenvalue weighted by Crippen LogP contribution is 2.23. The zero-order valence-corrected chi connectivity index (χ0v) is 12.6. The molecule has 0 atom stereocenters. The molecule has 0 amide bonds. The minimum Gasteiger partial charge on any atom is -0.389 e. The van der Waals surface area contributed by atoms with Gasteiger partial charge in [-0.15, -0.1) is 0 Å². The van der Waals surface area contributed by atoms with Crippen LogP contribution in [-0.2, 0) is 9.84 Å². The number of hydrogen-bond donors (Lipinski definition) is 1. The minimum absolute atomic E-state index is 0.158. The fourth-order valence-electron chi connectivity index (χ4n) is 2.26. The average molecular weight is 309 g/mol. The molecule has 22 heavy (non-hydrogen) atoms. The van der Waals surface area contributed by atoms with Crippen LogP contribution in [0.1, 0.15) is 5.56 Å². The van der Waals surface area contributed by atoms with Gasteiger partial charge in [0.25, 0.3) is 0 Å². The van der Waals surface area contributed by atoms with Gasteiger partial charge in [-0.05, 0) is 34.5 Å². The Kier molecular flexibility index (Phi) is 3.69. The maximum Gasteiger partial charge on any atom is 0.221 e. The molecule has 0 saturated carbocycles. The van der Waals surface area contributed by atoms with Gasteiger partial charge < -0.3 is 5.73 Å². The van der Waals surface area contributed by atoms with Crippen LogP contribution in [0.2, 0.25) is 0 Å². The number of nitrogens with two attached hydrogens (primary N) is 1. The van der Waals surface area contributed by atoms with Crippen LogP contribution in [0.25, 0.3) is 16.8 Å². The third-order valence-corrected chi connectivity index (χ3v) is 5.06. The van der Waals surface area contributed by atoms with E-state index in [9.17, 15) is 8.42 Å². The molecule has 3 rings (SSSR count). The summed E-state index contributed by atoms with van der Waals surface area (Å²) < 4.78 is 25.2. The monoisotopic (exact) mass is 309 g/mol. The lowest BCUT2D eigenvalue weighted by Crippen LogP contribution is -2.12. The molecule has 0 aliphatic heterocycles. The molecule has 0 bridgehead atoms. The molecule has 0 aromatic heterocycles. The van der Waals surface area contributed by atoms with E-state index >= 15 is 0 Å². The molecule has 0 unspecified atom stereocenters. The third kappa shape index (κ3) is 2.73. The second kappa shape index (κ2) is 5.66. The Morgan fingerprint density at radius 2 is 1.45 bits per heavy atom. The molecule has 0 heterocycles. The first-order valence-electron chi connectivity index (χ1n) is 6.83. The number of rotatable bonds is 3. The van der Waals surface area contributed by atoms with E-state index in [2.05, 4.69) is 0 Å². The Morgan fingerprint density at radius 3 is 2.18 bits per heavy atom. The molecule has 0 radical (unpaired) electrons. The van der Waals surface area contributed by atoms with Crippen molar-refractivity contribution in [1.29, 1.82) is 0 Å². The van der Waals surface area contributed by atoms with E-state index in [1.165, 1.54) is 6.08 Å². The summed E-state index contributed by atoms with van der Waals surface area (Å²) >= 11 is 0. The summed E-state index contributed by atoms with van der Waals surface area (Å²) in [5.41, 5.74) is 6.59. The SMILES string of the molecule is N/C(=C\c1ccccc1)S(=O)(=O)c1ccc2ccccc2c1. The van der Waals surface area contributed by atoms with Gasteiger partial charge in [-0.2, -0.15) is 0 Å². The molecule has 110 valence electrons. The van der Waals surface area contributed by atoms with E-state index in [1.54, 1.807) is 18.2 Å². The molecule has 2 N–H and O–H groups in total. The van der Waals surface area contributed by atoms with Gasteiger partial charge in [0.1, 0.15) is 5.03 Å². The van der Waals surface area contributed by atoms with E-state index in [0.717, 1.165) is 16.3 Å². The number of fused-ring (bicyclic) bond motifs is 1. The summed E-state index contributed by atoms with van der Waals surface area (Å²) in [6, 6.07) is 21.8. The average Bonchev–Trinajstić information content (AvgIpc) is 2.55. The van der Waals surface area contributed by atoms with Crippen molar-refractivity contribution < 1.29 is 8.42 Å². The lowest BCUT2D eigenvalue weighted by molar-refractivity contribution is 0.602. The lowest BCUT2D eigenvalue weighted by atomic mass is 10.1. The quantitative estimate of drug-likeness (QED) is 0.804. The second-order valence-electron chi connectivity index (χ2n) is 4.97. The Morgan fingerprint density at radius 1 is 0.818 bits per heavy atom. The molecule has 3 aromatic rings. The van der Waals surface area contributed by atoms with Crippen LogP contribution in [0.5, 0.6) is 0 Å². The lowest BCUT2D eigenvalue weighted by Gasteiger charge is -2.06. The highest BCUT2D eigenvalue weighted by atomic mass is 32.2. The van der Waals surface area contributed by atoms with Crippen molar-refractivity contribution >= 4 is 26.7 Å². The third-order valence-electron chi connectivity index (χ3n) is 3.45. The van der Waals surface area contributed by atoms with Gasteiger partial charge in [0.2, 0.25) is 9.84 Å². The van der Waals surface area contributed by atoms with Crippen LogP contribution >= 0.6 is 0 Å². The number of hydrogen-bond acceptors (Lipinski definition) is 3. The van der Waals surface area contributed by atoms with Crippen molar-refractivity contribution in [3.8, 4) is 0 Å². The fourth-order valence-corrected chi connectivity index (χ4v) is 3.35. The van der Waals surface area contributed by atoms with E-state index in [4.69, 9.17) is 5.73 Å². The molecule has 0 aliphatic rings. The summed E-state index contributed by atoms with van der Waals surface area (Å²) in [7, 11) is -3.69. The maximum atomic E-state index is 12.6. The molecular formula is C18H15NO2S. The molecule has 0 fully saturated rings. The topological polar surface area (TPSA) is 60.2 Å². The van der Waals surface area contributed by atoms with Gasteiger partial charge in [0.05, 0.1) is 4.90 Å². The number of sulfone groups is 1. The molecule has 0 spiro atoms. The van der Waals surface area contributed by atoms with Gasteiger partial charge in [-0.1, -0.05) is 60.7 Å². The molecule has 4 heteroatoms. The number of benzene rings is 3. The summed E-state index contributed by atoms with van der Waals surface area (Å²) in [6.07, 6.45) is 1.48. The van der Waals surface area contributed by atoms with Crippen LogP contribution in [0.15, 0.2) is 82.7 Å². The van der Waals surface area contributed by atoms with Crippen LogP contribution < -0.4 is 5.73 Å². The van der Waals surface area contributed by atoms with Crippen molar-refractivity contribution in [1.82, 2.24) is 0 Å². The Balaban J connectivity index is 2.06. The Labute approximate surface area is 129 Å². The van der Waals surface area contributed by atoms with Crippen LogP contribution in [0.4, 0.5) is 0 Å².